The molecule has 1 aliphatic carbocycles. The van der Waals surface area contributed by atoms with Gasteiger partial charge in [0, 0.05) is 25.2 Å². The highest BCUT2D eigenvalue weighted by Crippen LogP contribution is 2.37. The van der Waals surface area contributed by atoms with Gasteiger partial charge in [-0.2, -0.15) is 8.42 Å². The molecule has 28 heavy (non-hydrogen) atoms. The summed E-state index contributed by atoms with van der Waals surface area (Å²) in [6.07, 6.45) is 7.93. The van der Waals surface area contributed by atoms with Crippen LogP contribution in [0.5, 0.6) is 0 Å². The Hall–Kier alpha value is -1.89. The number of fused-ring (bicyclic) bond motifs is 2. The molecule has 1 amide bonds. The third kappa shape index (κ3) is 2.95. The molecule has 0 unspecified atom stereocenters. The van der Waals surface area contributed by atoms with Gasteiger partial charge in [0.15, 0.2) is 5.84 Å². The Balaban J connectivity index is 1.38. The highest BCUT2D eigenvalue weighted by atomic mass is 32.2. The molecule has 5 rings (SSSR count). The second-order valence-electron chi connectivity index (χ2n) is 8.62. The molecule has 1 aromatic carbocycles. The average Bonchev–Trinajstić information content (AvgIpc) is 3.30. The van der Waals surface area contributed by atoms with Gasteiger partial charge >= 0.3 is 0 Å². The summed E-state index contributed by atoms with van der Waals surface area (Å²) < 4.78 is 29.0. The van der Waals surface area contributed by atoms with Crippen molar-refractivity contribution in [2.24, 2.45) is 16.2 Å². The maximum Gasteiger partial charge on any atom is 0.285 e. The Morgan fingerprint density at radius 3 is 2.61 bits per heavy atom. The Morgan fingerprint density at radius 2 is 1.75 bits per heavy atom. The SMILES string of the molecule is O=C([C@@H]1CCCN1C1=NS(=O)(=O)c2ccccc21)N1CC[C@@H]2CCCC[C@@H]2C1. The van der Waals surface area contributed by atoms with Crippen LogP contribution in [0.3, 0.4) is 0 Å². The summed E-state index contributed by atoms with van der Waals surface area (Å²) in [4.78, 5) is 17.6. The molecule has 0 aromatic heterocycles. The van der Waals surface area contributed by atoms with E-state index in [1.807, 2.05) is 15.9 Å². The number of sulfonamides is 1. The number of hydrogen-bond acceptors (Lipinski definition) is 4. The van der Waals surface area contributed by atoms with E-state index in [0.717, 1.165) is 38.3 Å². The Labute approximate surface area is 166 Å². The van der Waals surface area contributed by atoms with Gasteiger partial charge in [0.25, 0.3) is 10.0 Å². The van der Waals surface area contributed by atoms with Gasteiger partial charge in [0.05, 0.1) is 0 Å². The zero-order valence-electron chi connectivity index (χ0n) is 16.1. The van der Waals surface area contributed by atoms with Crippen molar-refractivity contribution in [3.63, 3.8) is 0 Å². The monoisotopic (exact) mass is 401 g/mol. The Kier molecular flexibility index (Phi) is 4.45. The second kappa shape index (κ2) is 6.87. The number of likely N-dealkylation sites (tertiary alicyclic amines) is 2. The number of benzene rings is 1. The van der Waals surface area contributed by atoms with Crippen molar-refractivity contribution in [3.05, 3.63) is 29.8 Å². The molecule has 0 N–H and O–H groups in total. The minimum absolute atomic E-state index is 0.158. The van der Waals surface area contributed by atoms with E-state index in [-0.39, 0.29) is 16.8 Å². The Bertz CT molecular complexity index is 927. The number of nitrogens with zero attached hydrogens (tertiary/aromatic N) is 3. The molecular formula is C21H27N3O3S. The number of hydrogen-bond donors (Lipinski definition) is 0. The van der Waals surface area contributed by atoms with E-state index in [1.54, 1.807) is 18.2 Å². The zero-order chi connectivity index (χ0) is 19.3. The molecule has 150 valence electrons. The first-order valence-corrected chi connectivity index (χ1v) is 12.0. The third-order valence-electron chi connectivity index (χ3n) is 7.03. The van der Waals surface area contributed by atoms with Crippen LogP contribution in [-0.2, 0) is 14.8 Å². The van der Waals surface area contributed by atoms with Gasteiger partial charge < -0.3 is 9.80 Å². The number of amides is 1. The Morgan fingerprint density at radius 1 is 0.964 bits per heavy atom. The molecule has 3 aliphatic heterocycles. The van der Waals surface area contributed by atoms with E-state index in [4.69, 9.17) is 0 Å². The van der Waals surface area contributed by atoms with Crippen LogP contribution in [0.4, 0.5) is 0 Å². The van der Waals surface area contributed by atoms with Crippen molar-refractivity contribution in [1.29, 1.82) is 0 Å². The van der Waals surface area contributed by atoms with E-state index < -0.39 is 10.0 Å². The van der Waals surface area contributed by atoms with Crippen LogP contribution >= 0.6 is 0 Å². The zero-order valence-corrected chi connectivity index (χ0v) is 16.9. The lowest BCUT2D eigenvalue weighted by Gasteiger charge is -2.42. The topological polar surface area (TPSA) is 70.0 Å². The van der Waals surface area contributed by atoms with Crippen LogP contribution in [0.15, 0.2) is 33.6 Å². The van der Waals surface area contributed by atoms with Gasteiger partial charge in [-0.15, -0.1) is 4.40 Å². The quantitative estimate of drug-likeness (QED) is 0.725. The van der Waals surface area contributed by atoms with E-state index in [0.29, 0.717) is 23.9 Å². The molecule has 0 radical (unpaired) electrons. The van der Waals surface area contributed by atoms with Crippen molar-refractivity contribution in [3.8, 4) is 0 Å². The first kappa shape index (κ1) is 18.2. The van der Waals surface area contributed by atoms with Gasteiger partial charge in [-0.1, -0.05) is 31.4 Å². The predicted molar refractivity (Wildman–Crippen MR) is 107 cm³/mol. The van der Waals surface area contributed by atoms with Gasteiger partial charge in [-0.05, 0) is 49.7 Å². The first-order chi connectivity index (χ1) is 13.5. The molecule has 6 nitrogen and oxygen atoms in total. The van der Waals surface area contributed by atoms with Crippen molar-refractivity contribution in [1.82, 2.24) is 9.80 Å². The highest BCUT2D eigenvalue weighted by Gasteiger charge is 2.42. The number of carbonyl (C=O) groups is 1. The summed E-state index contributed by atoms with van der Waals surface area (Å²) in [6.45, 7) is 2.39. The highest BCUT2D eigenvalue weighted by molar-refractivity contribution is 7.90. The lowest BCUT2D eigenvalue weighted by atomic mass is 9.75. The maximum atomic E-state index is 13.4. The largest absolute Gasteiger partial charge is 0.343 e. The molecule has 1 aromatic rings. The number of carbonyl (C=O) groups excluding carboxylic acids is 1. The summed E-state index contributed by atoms with van der Waals surface area (Å²) in [7, 11) is -3.66. The summed E-state index contributed by atoms with van der Waals surface area (Å²) >= 11 is 0. The lowest BCUT2D eigenvalue weighted by molar-refractivity contribution is -0.138. The van der Waals surface area contributed by atoms with Crippen LogP contribution in [0.1, 0.15) is 50.5 Å². The summed E-state index contributed by atoms with van der Waals surface area (Å²) in [5.74, 6) is 2.05. The molecule has 4 aliphatic rings. The predicted octanol–water partition coefficient (Wildman–Crippen LogP) is 2.64. The summed E-state index contributed by atoms with van der Waals surface area (Å²) in [5, 5.41) is 0. The van der Waals surface area contributed by atoms with Gasteiger partial charge in [-0.25, -0.2) is 0 Å². The van der Waals surface area contributed by atoms with Gasteiger partial charge in [0.2, 0.25) is 5.91 Å². The minimum atomic E-state index is -3.66. The van der Waals surface area contributed by atoms with E-state index >= 15 is 0 Å². The summed E-state index contributed by atoms with van der Waals surface area (Å²) in [5.41, 5.74) is 0.633. The molecule has 1 saturated carbocycles. The van der Waals surface area contributed by atoms with E-state index in [2.05, 4.69) is 4.40 Å². The van der Waals surface area contributed by atoms with Crippen LogP contribution in [0.25, 0.3) is 0 Å². The molecule has 3 heterocycles. The average molecular weight is 402 g/mol. The molecule has 3 fully saturated rings. The molecular weight excluding hydrogens is 374 g/mol. The molecule has 2 saturated heterocycles. The molecule has 7 heteroatoms. The van der Waals surface area contributed by atoms with Crippen molar-refractivity contribution in [2.75, 3.05) is 19.6 Å². The van der Waals surface area contributed by atoms with Crippen molar-refractivity contribution in [2.45, 2.75) is 55.9 Å². The maximum absolute atomic E-state index is 13.4. The van der Waals surface area contributed by atoms with Crippen LogP contribution < -0.4 is 0 Å². The minimum Gasteiger partial charge on any atom is -0.343 e. The first-order valence-electron chi connectivity index (χ1n) is 10.5. The summed E-state index contributed by atoms with van der Waals surface area (Å²) in [6, 6.07) is 6.65. The second-order valence-corrected chi connectivity index (χ2v) is 10.2. The smallest absolute Gasteiger partial charge is 0.285 e. The number of rotatable bonds is 1. The van der Waals surface area contributed by atoms with E-state index in [9.17, 15) is 13.2 Å². The number of amidine groups is 1. The van der Waals surface area contributed by atoms with Gasteiger partial charge in [0.1, 0.15) is 10.9 Å². The van der Waals surface area contributed by atoms with Crippen molar-refractivity contribution < 1.29 is 13.2 Å². The van der Waals surface area contributed by atoms with Crippen molar-refractivity contribution >= 4 is 21.8 Å². The van der Waals surface area contributed by atoms with Crippen LogP contribution in [-0.4, -0.2) is 55.6 Å². The lowest BCUT2D eigenvalue weighted by Crippen LogP contribution is -2.52. The van der Waals surface area contributed by atoms with Crippen LogP contribution in [0.2, 0.25) is 0 Å². The standard InChI is InChI=1S/C21H27N3O3S/c25-21(23-13-11-15-6-1-2-7-16(15)14-23)18-9-5-12-24(18)20-17-8-3-4-10-19(17)28(26,27)22-20/h3-4,8,10,15-16,18H,1-2,5-7,9,11-14H2/t15-,16+,18-/m0/s1. The van der Waals surface area contributed by atoms with Gasteiger partial charge in [-0.3, -0.25) is 4.79 Å². The fourth-order valence-corrected chi connectivity index (χ4v) is 6.80. The van der Waals surface area contributed by atoms with E-state index in [1.165, 1.54) is 25.7 Å². The third-order valence-corrected chi connectivity index (χ3v) is 8.35. The molecule has 0 spiro atoms. The van der Waals surface area contributed by atoms with Crippen LogP contribution in [0, 0.1) is 11.8 Å². The fourth-order valence-electron chi connectivity index (χ4n) is 5.58. The molecule has 0 bridgehead atoms. The number of piperidine rings is 1. The fraction of sp³-hybridized carbons (Fsp3) is 0.619. The molecule has 3 atom stereocenters. The normalized spacial score (nSPS) is 31.3.